The largest absolute Gasteiger partial charge is 0.392 e. The molecule has 2 unspecified atom stereocenters. The van der Waals surface area contributed by atoms with Gasteiger partial charge in [0.25, 0.3) is 0 Å². The van der Waals surface area contributed by atoms with E-state index < -0.39 is 0 Å². The third-order valence-electron chi connectivity index (χ3n) is 3.47. The highest BCUT2D eigenvalue weighted by atomic mass is 35.5. The molecule has 0 spiro atoms. The van der Waals surface area contributed by atoms with E-state index in [1.54, 1.807) is 6.07 Å². The number of aliphatic hydroxyl groups is 1. The van der Waals surface area contributed by atoms with Crippen LogP contribution in [-0.2, 0) is 6.54 Å². The summed E-state index contributed by atoms with van der Waals surface area (Å²) in [6.07, 6.45) is 4.94. The standard InChI is InChI=1S/C14H19ClFNO/c15-11-6-10(7-12(16)8-11)9-17-13-4-2-1-3-5-14(13)18/h6-8,13-14,17-18H,1-5,9H2. The van der Waals surface area contributed by atoms with E-state index in [2.05, 4.69) is 5.32 Å². The molecule has 2 N–H and O–H groups in total. The van der Waals surface area contributed by atoms with Gasteiger partial charge < -0.3 is 10.4 Å². The molecule has 1 fully saturated rings. The van der Waals surface area contributed by atoms with Crippen molar-refractivity contribution in [3.8, 4) is 0 Å². The van der Waals surface area contributed by atoms with E-state index in [1.165, 1.54) is 18.6 Å². The van der Waals surface area contributed by atoms with E-state index in [0.29, 0.717) is 11.6 Å². The van der Waals surface area contributed by atoms with Gasteiger partial charge in [-0.05, 0) is 36.6 Å². The van der Waals surface area contributed by atoms with Crippen molar-refractivity contribution in [3.63, 3.8) is 0 Å². The Hall–Kier alpha value is -0.640. The Bertz CT molecular complexity index is 379. The number of halogens is 2. The molecule has 0 saturated heterocycles. The fourth-order valence-electron chi connectivity index (χ4n) is 2.49. The maximum atomic E-state index is 13.2. The minimum absolute atomic E-state index is 0.106. The monoisotopic (exact) mass is 271 g/mol. The first kappa shape index (κ1) is 13.8. The summed E-state index contributed by atoms with van der Waals surface area (Å²) in [4.78, 5) is 0. The molecule has 0 amide bonds. The van der Waals surface area contributed by atoms with Crippen LogP contribution in [0.25, 0.3) is 0 Å². The second kappa shape index (κ2) is 6.50. The molecule has 0 bridgehead atoms. The molecule has 1 aliphatic carbocycles. The zero-order chi connectivity index (χ0) is 13.0. The van der Waals surface area contributed by atoms with E-state index in [9.17, 15) is 9.50 Å². The zero-order valence-electron chi connectivity index (χ0n) is 10.3. The lowest BCUT2D eigenvalue weighted by Crippen LogP contribution is -2.38. The van der Waals surface area contributed by atoms with E-state index in [4.69, 9.17) is 11.6 Å². The fourth-order valence-corrected chi connectivity index (χ4v) is 2.73. The summed E-state index contributed by atoms with van der Waals surface area (Å²) in [5, 5.41) is 13.7. The molecule has 2 rings (SSSR count). The van der Waals surface area contributed by atoms with Crippen molar-refractivity contribution in [1.29, 1.82) is 0 Å². The quantitative estimate of drug-likeness (QED) is 0.827. The van der Waals surface area contributed by atoms with Crippen LogP contribution in [0.5, 0.6) is 0 Å². The molecule has 4 heteroatoms. The van der Waals surface area contributed by atoms with Crippen molar-refractivity contribution in [2.24, 2.45) is 0 Å². The Morgan fingerprint density at radius 1 is 1.22 bits per heavy atom. The zero-order valence-corrected chi connectivity index (χ0v) is 11.1. The van der Waals surface area contributed by atoms with Crippen molar-refractivity contribution in [1.82, 2.24) is 5.32 Å². The van der Waals surface area contributed by atoms with Gasteiger partial charge >= 0.3 is 0 Å². The molecule has 1 aromatic carbocycles. The molecule has 0 heterocycles. The van der Waals surface area contributed by atoms with Crippen LogP contribution in [0.2, 0.25) is 5.02 Å². The summed E-state index contributed by atoms with van der Waals surface area (Å²) < 4.78 is 13.2. The predicted molar refractivity (Wildman–Crippen MR) is 71.1 cm³/mol. The van der Waals surface area contributed by atoms with Crippen LogP contribution in [-0.4, -0.2) is 17.3 Å². The van der Waals surface area contributed by atoms with Gasteiger partial charge in [0.2, 0.25) is 0 Å². The highest BCUT2D eigenvalue weighted by molar-refractivity contribution is 6.30. The molecule has 0 aromatic heterocycles. The number of rotatable bonds is 3. The van der Waals surface area contributed by atoms with Crippen molar-refractivity contribution >= 4 is 11.6 Å². The molecule has 100 valence electrons. The van der Waals surface area contributed by atoms with Crippen molar-refractivity contribution in [2.75, 3.05) is 0 Å². The first-order valence-corrected chi connectivity index (χ1v) is 6.89. The van der Waals surface area contributed by atoms with Crippen LogP contribution in [0.3, 0.4) is 0 Å². The third-order valence-corrected chi connectivity index (χ3v) is 3.69. The summed E-state index contributed by atoms with van der Waals surface area (Å²) in [5.41, 5.74) is 0.816. The highest BCUT2D eigenvalue weighted by Crippen LogP contribution is 2.19. The maximum Gasteiger partial charge on any atom is 0.125 e. The second-order valence-electron chi connectivity index (χ2n) is 4.97. The number of benzene rings is 1. The van der Waals surface area contributed by atoms with Crippen LogP contribution in [0, 0.1) is 5.82 Å². The second-order valence-corrected chi connectivity index (χ2v) is 5.41. The molecule has 1 aromatic rings. The van der Waals surface area contributed by atoms with E-state index in [1.807, 2.05) is 0 Å². The van der Waals surface area contributed by atoms with E-state index in [0.717, 1.165) is 31.2 Å². The number of nitrogens with one attached hydrogen (secondary N) is 1. The Labute approximate surface area is 112 Å². The lowest BCUT2D eigenvalue weighted by Gasteiger charge is -2.21. The fraction of sp³-hybridized carbons (Fsp3) is 0.571. The van der Waals surface area contributed by atoms with Gasteiger partial charge in [0.1, 0.15) is 5.82 Å². The molecule has 1 aliphatic rings. The van der Waals surface area contributed by atoms with Gasteiger partial charge in [-0.25, -0.2) is 4.39 Å². The van der Waals surface area contributed by atoms with E-state index >= 15 is 0 Å². The topological polar surface area (TPSA) is 32.3 Å². The summed E-state index contributed by atoms with van der Waals surface area (Å²) in [6.45, 7) is 0.541. The molecule has 0 radical (unpaired) electrons. The van der Waals surface area contributed by atoms with Crippen molar-refractivity contribution in [2.45, 2.75) is 50.8 Å². The van der Waals surface area contributed by atoms with Gasteiger partial charge in [-0.15, -0.1) is 0 Å². The molecule has 18 heavy (non-hydrogen) atoms. The average Bonchev–Trinajstić information content (AvgIpc) is 2.50. The van der Waals surface area contributed by atoms with Gasteiger partial charge in [-0.2, -0.15) is 0 Å². The molecular formula is C14H19ClFNO. The Morgan fingerprint density at radius 3 is 2.78 bits per heavy atom. The predicted octanol–water partition coefficient (Wildman–Crippen LogP) is 3.26. The SMILES string of the molecule is OC1CCCCCC1NCc1cc(F)cc(Cl)c1. The molecule has 0 aliphatic heterocycles. The van der Waals surface area contributed by atoms with Crippen LogP contribution in [0.15, 0.2) is 18.2 Å². The molecule has 2 nitrogen and oxygen atoms in total. The van der Waals surface area contributed by atoms with Crippen molar-refractivity contribution in [3.05, 3.63) is 34.6 Å². The van der Waals surface area contributed by atoms with Gasteiger partial charge in [0.05, 0.1) is 6.10 Å². The Balaban J connectivity index is 1.93. The molecule has 1 saturated carbocycles. The molecule has 2 atom stereocenters. The summed E-state index contributed by atoms with van der Waals surface area (Å²) in [5.74, 6) is -0.319. The first-order valence-electron chi connectivity index (χ1n) is 6.51. The van der Waals surface area contributed by atoms with Crippen LogP contribution in [0.1, 0.15) is 37.7 Å². The minimum Gasteiger partial charge on any atom is -0.392 e. The normalized spacial score (nSPS) is 24.8. The lowest BCUT2D eigenvalue weighted by molar-refractivity contribution is 0.119. The van der Waals surface area contributed by atoms with Crippen LogP contribution >= 0.6 is 11.6 Å². The van der Waals surface area contributed by atoms with Gasteiger partial charge in [-0.3, -0.25) is 0 Å². The van der Waals surface area contributed by atoms with E-state index in [-0.39, 0.29) is 18.0 Å². The van der Waals surface area contributed by atoms with Gasteiger partial charge in [-0.1, -0.05) is 30.9 Å². The lowest BCUT2D eigenvalue weighted by atomic mass is 10.1. The number of hydrogen-bond acceptors (Lipinski definition) is 2. The average molecular weight is 272 g/mol. The maximum absolute atomic E-state index is 13.2. The number of hydrogen-bond donors (Lipinski definition) is 2. The van der Waals surface area contributed by atoms with Gasteiger partial charge in [0, 0.05) is 17.6 Å². The Kier molecular flexibility index (Phi) is 4.98. The van der Waals surface area contributed by atoms with Crippen LogP contribution in [0.4, 0.5) is 4.39 Å². The first-order chi connectivity index (χ1) is 8.65. The number of aliphatic hydroxyl groups excluding tert-OH is 1. The van der Waals surface area contributed by atoms with Crippen LogP contribution < -0.4 is 5.32 Å². The minimum atomic E-state index is -0.319. The Morgan fingerprint density at radius 2 is 2.00 bits per heavy atom. The summed E-state index contributed by atoms with van der Waals surface area (Å²) >= 11 is 5.81. The highest BCUT2D eigenvalue weighted by Gasteiger charge is 2.20. The molecular weight excluding hydrogens is 253 g/mol. The third kappa shape index (κ3) is 3.94. The van der Waals surface area contributed by atoms with Crippen molar-refractivity contribution < 1.29 is 9.50 Å². The summed E-state index contributed by atoms with van der Waals surface area (Å²) in [7, 11) is 0. The summed E-state index contributed by atoms with van der Waals surface area (Å²) in [6, 6.07) is 4.63. The smallest absolute Gasteiger partial charge is 0.125 e. The van der Waals surface area contributed by atoms with Gasteiger partial charge in [0.15, 0.2) is 0 Å².